The second-order valence-electron chi connectivity index (χ2n) is 7.26. The maximum Gasteiger partial charge on any atom is 0.235 e. The molecular formula is C22H24ClN3O2. The summed E-state index contributed by atoms with van der Waals surface area (Å²) in [4.78, 5) is 28.3. The van der Waals surface area contributed by atoms with Gasteiger partial charge in [-0.1, -0.05) is 48.0 Å². The van der Waals surface area contributed by atoms with Gasteiger partial charge in [0, 0.05) is 35.2 Å². The van der Waals surface area contributed by atoms with E-state index in [2.05, 4.69) is 21.7 Å². The number of hydrogen-bond donors (Lipinski definition) is 3. The highest BCUT2D eigenvalue weighted by Gasteiger charge is 2.35. The Labute approximate surface area is 169 Å². The molecule has 0 spiro atoms. The molecule has 2 aromatic carbocycles. The number of H-pyrrole nitrogens is 1. The van der Waals surface area contributed by atoms with E-state index in [9.17, 15) is 9.59 Å². The third-order valence-electron chi connectivity index (χ3n) is 4.89. The van der Waals surface area contributed by atoms with Crippen molar-refractivity contribution in [2.75, 3.05) is 6.54 Å². The van der Waals surface area contributed by atoms with Crippen LogP contribution in [0.1, 0.15) is 25.0 Å². The van der Waals surface area contributed by atoms with E-state index >= 15 is 0 Å². The maximum atomic E-state index is 12.6. The fraction of sp³-hybridized carbons (Fsp3) is 0.273. The van der Waals surface area contributed by atoms with Crippen LogP contribution in [0.4, 0.5) is 0 Å². The second-order valence-corrected chi connectivity index (χ2v) is 7.67. The van der Waals surface area contributed by atoms with Gasteiger partial charge >= 0.3 is 0 Å². The van der Waals surface area contributed by atoms with Crippen LogP contribution in [0.3, 0.4) is 0 Å². The number of amides is 2. The van der Waals surface area contributed by atoms with E-state index in [1.165, 1.54) is 0 Å². The monoisotopic (exact) mass is 397 g/mol. The molecule has 3 rings (SSSR count). The van der Waals surface area contributed by atoms with Crippen LogP contribution in [-0.4, -0.2) is 23.3 Å². The van der Waals surface area contributed by atoms with Crippen LogP contribution in [0.25, 0.3) is 10.9 Å². The molecule has 0 aliphatic carbocycles. The van der Waals surface area contributed by atoms with Gasteiger partial charge in [-0.25, -0.2) is 0 Å². The van der Waals surface area contributed by atoms with Crippen molar-refractivity contribution in [3.8, 4) is 0 Å². The van der Waals surface area contributed by atoms with Crippen LogP contribution in [0, 0.1) is 5.41 Å². The van der Waals surface area contributed by atoms with Crippen molar-refractivity contribution >= 4 is 34.3 Å². The zero-order valence-corrected chi connectivity index (χ0v) is 16.8. The van der Waals surface area contributed by atoms with Gasteiger partial charge in [-0.2, -0.15) is 0 Å². The van der Waals surface area contributed by atoms with Crippen molar-refractivity contribution < 1.29 is 9.59 Å². The molecule has 1 aromatic heterocycles. The number of carbonyl (C=O) groups excluding carboxylic acids is 2. The molecule has 0 aliphatic heterocycles. The average molecular weight is 398 g/mol. The number of aromatic amines is 1. The predicted molar refractivity (Wildman–Crippen MR) is 112 cm³/mol. The highest BCUT2D eigenvalue weighted by Crippen LogP contribution is 2.20. The topological polar surface area (TPSA) is 74.0 Å². The first-order valence-electron chi connectivity index (χ1n) is 9.24. The molecule has 0 aliphatic rings. The Kier molecular flexibility index (Phi) is 6.05. The van der Waals surface area contributed by atoms with Crippen LogP contribution < -0.4 is 10.6 Å². The zero-order valence-electron chi connectivity index (χ0n) is 16.0. The summed E-state index contributed by atoms with van der Waals surface area (Å²) in [5.74, 6) is -0.638. The molecule has 0 bridgehead atoms. The van der Waals surface area contributed by atoms with Crippen molar-refractivity contribution in [1.29, 1.82) is 0 Å². The molecule has 28 heavy (non-hydrogen) atoms. The van der Waals surface area contributed by atoms with E-state index in [0.29, 0.717) is 18.0 Å². The molecule has 5 nitrogen and oxygen atoms in total. The Hall–Kier alpha value is -2.79. The molecule has 3 aromatic rings. The SMILES string of the molecule is CC(C)(C(=O)NCCc1c[nH]c2ccccc12)C(=O)NCc1ccccc1Cl. The number of aromatic nitrogens is 1. The lowest BCUT2D eigenvalue weighted by atomic mass is 9.91. The highest BCUT2D eigenvalue weighted by atomic mass is 35.5. The summed E-state index contributed by atoms with van der Waals surface area (Å²) in [6.07, 6.45) is 2.64. The smallest absolute Gasteiger partial charge is 0.235 e. The van der Waals surface area contributed by atoms with E-state index in [0.717, 1.165) is 22.0 Å². The molecule has 0 saturated heterocycles. The third kappa shape index (κ3) is 4.37. The lowest BCUT2D eigenvalue weighted by Gasteiger charge is -2.23. The Morgan fingerprint density at radius 3 is 2.43 bits per heavy atom. The summed E-state index contributed by atoms with van der Waals surface area (Å²) in [5.41, 5.74) is 1.84. The average Bonchev–Trinajstić information content (AvgIpc) is 3.10. The number of benzene rings is 2. The minimum absolute atomic E-state index is 0.282. The van der Waals surface area contributed by atoms with Crippen LogP contribution in [0.5, 0.6) is 0 Å². The lowest BCUT2D eigenvalue weighted by molar-refractivity contribution is -0.141. The van der Waals surface area contributed by atoms with Gasteiger partial charge in [-0.15, -0.1) is 0 Å². The summed E-state index contributed by atoms with van der Waals surface area (Å²) in [6.45, 7) is 3.98. The summed E-state index contributed by atoms with van der Waals surface area (Å²) >= 11 is 6.11. The molecular weight excluding hydrogens is 374 g/mol. The Morgan fingerprint density at radius 1 is 0.964 bits per heavy atom. The highest BCUT2D eigenvalue weighted by molar-refractivity contribution is 6.31. The van der Waals surface area contributed by atoms with Gasteiger partial charge in [0.25, 0.3) is 0 Å². The van der Waals surface area contributed by atoms with Crippen molar-refractivity contribution in [1.82, 2.24) is 15.6 Å². The lowest BCUT2D eigenvalue weighted by Crippen LogP contribution is -2.48. The van der Waals surface area contributed by atoms with Gasteiger partial charge < -0.3 is 15.6 Å². The fourth-order valence-corrected chi connectivity index (χ4v) is 3.21. The van der Waals surface area contributed by atoms with Crippen molar-refractivity contribution in [3.05, 3.63) is 70.9 Å². The van der Waals surface area contributed by atoms with E-state index < -0.39 is 5.41 Å². The summed E-state index contributed by atoms with van der Waals surface area (Å²) in [6, 6.07) is 15.3. The number of rotatable bonds is 7. The second kappa shape index (κ2) is 8.48. The summed E-state index contributed by atoms with van der Waals surface area (Å²) < 4.78 is 0. The van der Waals surface area contributed by atoms with E-state index in [1.807, 2.05) is 42.6 Å². The zero-order chi connectivity index (χ0) is 20.1. The summed E-state index contributed by atoms with van der Waals surface area (Å²) in [5, 5.41) is 7.41. The van der Waals surface area contributed by atoms with Gasteiger partial charge in [0.1, 0.15) is 5.41 Å². The first-order valence-corrected chi connectivity index (χ1v) is 9.62. The molecule has 0 unspecified atom stereocenters. The molecule has 1 heterocycles. The number of carbonyl (C=O) groups is 2. The first kappa shape index (κ1) is 20.0. The molecule has 3 N–H and O–H groups in total. The standard InChI is InChI=1S/C22H24ClN3O2/c1-22(2,21(28)26-14-16-7-3-5-9-18(16)23)20(27)24-12-11-15-13-25-19-10-6-4-8-17(15)19/h3-10,13,25H,11-12,14H2,1-2H3,(H,24,27)(H,26,28). The molecule has 0 atom stereocenters. The number of fused-ring (bicyclic) bond motifs is 1. The Bertz CT molecular complexity index is 994. The van der Waals surface area contributed by atoms with Crippen molar-refractivity contribution in [2.45, 2.75) is 26.8 Å². The Morgan fingerprint density at radius 2 is 1.64 bits per heavy atom. The molecule has 0 saturated carbocycles. The van der Waals surface area contributed by atoms with Gasteiger partial charge in [0.05, 0.1) is 0 Å². The normalized spacial score (nSPS) is 11.4. The van der Waals surface area contributed by atoms with Crippen molar-refractivity contribution in [2.24, 2.45) is 5.41 Å². The van der Waals surface area contributed by atoms with Gasteiger partial charge in [0.15, 0.2) is 0 Å². The number of para-hydroxylation sites is 1. The van der Waals surface area contributed by atoms with Crippen molar-refractivity contribution in [3.63, 3.8) is 0 Å². The van der Waals surface area contributed by atoms with Crippen LogP contribution in [0.15, 0.2) is 54.7 Å². The third-order valence-corrected chi connectivity index (χ3v) is 5.26. The minimum atomic E-state index is -1.18. The molecule has 2 amide bonds. The number of halogens is 1. The predicted octanol–water partition coefficient (Wildman–Crippen LogP) is 3.82. The first-order chi connectivity index (χ1) is 13.4. The molecule has 6 heteroatoms. The molecule has 0 radical (unpaired) electrons. The number of nitrogens with one attached hydrogen (secondary N) is 3. The largest absolute Gasteiger partial charge is 0.361 e. The van der Waals surface area contributed by atoms with Crippen LogP contribution >= 0.6 is 11.6 Å². The van der Waals surface area contributed by atoms with Gasteiger partial charge in [-0.3, -0.25) is 9.59 Å². The maximum absolute atomic E-state index is 12.6. The van der Waals surface area contributed by atoms with E-state index in [1.54, 1.807) is 19.9 Å². The fourth-order valence-electron chi connectivity index (χ4n) is 3.01. The Balaban J connectivity index is 1.53. The molecule has 146 valence electrons. The minimum Gasteiger partial charge on any atom is -0.361 e. The molecule has 0 fully saturated rings. The van der Waals surface area contributed by atoms with E-state index in [-0.39, 0.29) is 18.4 Å². The number of hydrogen-bond acceptors (Lipinski definition) is 2. The summed E-state index contributed by atoms with van der Waals surface area (Å²) in [7, 11) is 0. The van der Waals surface area contributed by atoms with E-state index in [4.69, 9.17) is 11.6 Å². The van der Waals surface area contributed by atoms with Gasteiger partial charge in [-0.05, 0) is 43.5 Å². The van der Waals surface area contributed by atoms with Gasteiger partial charge in [0.2, 0.25) is 11.8 Å². The van der Waals surface area contributed by atoms with Crippen LogP contribution in [-0.2, 0) is 22.6 Å². The quantitative estimate of drug-likeness (QED) is 0.530. The van der Waals surface area contributed by atoms with Crippen LogP contribution in [0.2, 0.25) is 5.02 Å².